The van der Waals surface area contributed by atoms with Crippen molar-refractivity contribution in [2.24, 2.45) is 5.73 Å². The van der Waals surface area contributed by atoms with Crippen LogP contribution in [0.5, 0.6) is 0 Å². The number of ether oxygens (including phenoxy) is 1. The summed E-state index contributed by atoms with van der Waals surface area (Å²) in [6.45, 7) is 5.32. The minimum atomic E-state index is -0.787. The summed E-state index contributed by atoms with van der Waals surface area (Å²) in [7, 11) is 0. The monoisotopic (exact) mass is 239 g/mol. The Morgan fingerprint density at radius 3 is 2.76 bits per heavy atom. The Kier molecular flexibility index (Phi) is 2.71. The van der Waals surface area contributed by atoms with E-state index < -0.39 is 11.4 Å². The van der Waals surface area contributed by atoms with Crippen LogP contribution in [-0.4, -0.2) is 21.7 Å². The van der Waals surface area contributed by atoms with E-state index >= 15 is 0 Å². The van der Waals surface area contributed by atoms with Gasteiger partial charge in [0, 0.05) is 24.2 Å². The van der Waals surface area contributed by atoms with Gasteiger partial charge in [-0.1, -0.05) is 0 Å². The smallest absolute Gasteiger partial charge is 0.330 e. The van der Waals surface area contributed by atoms with Crippen molar-refractivity contribution in [3.8, 4) is 0 Å². The molecule has 0 aromatic carbocycles. The Morgan fingerprint density at radius 2 is 2.24 bits per heavy atom. The normalized spacial score (nSPS) is 32.9. The molecule has 1 fully saturated rings. The first-order valence-corrected chi connectivity index (χ1v) is 5.60. The molecule has 94 valence electrons. The molecule has 1 aliphatic rings. The van der Waals surface area contributed by atoms with E-state index in [1.807, 2.05) is 6.92 Å². The molecule has 6 nitrogen and oxygen atoms in total. The Balaban J connectivity index is 2.52. The number of aromatic amines is 1. The number of H-pyrrole nitrogens is 1. The molecule has 1 aliphatic heterocycles. The van der Waals surface area contributed by atoms with Gasteiger partial charge in [-0.05, 0) is 20.8 Å². The molecule has 0 saturated carbocycles. The lowest BCUT2D eigenvalue weighted by Gasteiger charge is -2.26. The van der Waals surface area contributed by atoms with E-state index in [-0.39, 0.29) is 17.7 Å². The molecular weight excluding hydrogens is 222 g/mol. The summed E-state index contributed by atoms with van der Waals surface area (Å²) in [6, 6.07) is -0.112. The average molecular weight is 239 g/mol. The topological polar surface area (TPSA) is 90.1 Å². The van der Waals surface area contributed by atoms with Crippen LogP contribution in [0.3, 0.4) is 0 Å². The average Bonchev–Trinajstić information content (AvgIpc) is 2.48. The molecule has 0 radical (unpaired) electrons. The fourth-order valence-corrected chi connectivity index (χ4v) is 2.21. The fraction of sp³-hybridized carbons (Fsp3) is 0.636. The lowest BCUT2D eigenvalue weighted by molar-refractivity contribution is -0.0822. The van der Waals surface area contributed by atoms with Crippen molar-refractivity contribution in [1.29, 1.82) is 0 Å². The third-order valence-electron chi connectivity index (χ3n) is 3.29. The van der Waals surface area contributed by atoms with Crippen LogP contribution in [-0.2, 0) is 10.5 Å². The quantitative estimate of drug-likeness (QED) is 0.701. The van der Waals surface area contributed by atoms with Crippen molar-refractivity contribution in [3.63, 3.8) is 0 Å². The van der Waals surface area contributed by atoms with E-state index in [9.17, 15) is 9.59 Å². The molecule has 1 saturated heterocycles. The van der Waals surface area contributed by atoms with Crippen molar-refractivity contribution < 1.29 is 4.74 Å². The van der Waals surface area contributed by atoms with E-state index in [1.54, 1.807) is 13.8 Å². The number of aryl methyl sites for hydroxylation is 1. The summed E-state index contributed by atoms with van der Waals surface area (Å²) in [4.78, 5) is 25.4. The van der Waals surface area contributed by atoms with E-state index in [0.29, 0.717) is 12.0 Å². The van der Waals surface area contributed by atoms with Gasteiger partial charge in [0.25, 0.3) is 5.56 Å². The second-order valence-electron chi connectivity index (χ2n) is 4.81. The maximum Gasteiger partial charge on any atom is 0.330 e. The minimum absolute atomic E-state index is 0.112. The molecule has 0 amide bonds. The van der Waals surface area contributed by atoms with Gasteiger partial charge in [-0.15, -0.1) is 0 Å². The molecule has 17 heavy (non-hydrogen) atoms. The number of hydrogen-bond acceptors (Lipinski definition) is 4. The van der Waals surface area contributed by atoms with Crippen LogP contribution in [0, 0.1) is 6.92 Å². The first-order valence-electron chi connectivity index (χ1n) is 5.60. The molecule has 1 aromatic heterocycles. The van der Waals surface area contributed by atoms with E-state index in [0.717, 1.165) is 0 Å². The van der Waals surface area contributed by atoms with Gasteiger partial charge in [0.15, 0.2) is 0 Å². The Hall–Kier alpha value is -1.40. The highest BCUT2D eigenvalue weighted by atomic mass is 16.5. The van der Waals surface area contributed by atoms with Gasteiger partial charge in [-0.3, -0.25) is 14.3 Å². The van der Waals surface area contributed by atoms with Gasteiger partial charge in [0.1, 0.15) is 5.72 Å². The van der Waals surface area contributed by atoms with Crippen molar-refractivity contribution in [2.45, 2.75) is 45.1 Å². The molecule has 1 aromatic rings. The molecule has 0 bridgehead atoms. The molecule has 3 atom stereocenters. The molecule has 6 heteroatoms. The van der Waals surface area contributed by atoms with Crippen molar-refractivity contribution in [3.05, 3.63) is 32.6 Å². The Labute approximate surface area is 98.4 Å². The Morgan fingerprint density at radius 1 is 1.59 bits per heavy atom. The van der Waals surface area contributed by atoms with Gasteiger partial charge in [-0.2, -0.15) is 0 Å². The fourth-order valence-electron chi connectivity index (χ4n) is 2.21. The number of rotatable bonds is 1. The number of hydrogen-bond donors (Lipinski definition) is 2. The van der Waals surface area contributed by atoms with E-state index in [4.69, 9.17) is 10.5 Å². The predicted molar refractivity (Wildman–Crippen MR) is 62.8 cm³/mol. The van der Waals surface area contributed by atoms with Gasteiger partial charge in [0.2, 0.25) is 0 Å². The number of aromatic nitrogens is 2. The SMILES string of the molecule is Cc1cn([C@@]2(C)C[C@H](N)[C@@H](C)O2)c(=O)[nH]c1=O. The summed E-state index contributed by atoms with van der Waals surface area (Å²) in [5, 5.41) is 0. The molecule has 3 N–H and O–H groups in total. The zero-order chi connectivity index (χ0) is 12.8. The van der Waals surface area contributed by atoms with Crippen LogP contribution in [0.1, 0.15) is 25.8 Å². The highest BCUT2D eigenvalue weighted by Gasteiger charge is 2.41. The standard InChI is InChI=1S/C11H17N3O3/c1-6-5-14(10(16)13-9(6)15)11(3)4-8(12)7(2)17-11/h5,7-8H,4,12H2,1-3H3,(H,13,15,16)/t7-,8+,11-/m1/s1. The third kappa shape index (κ3) is 1.94. The summed E-state index contributed by atoms with van der Waals surface area (Å²) in [6.07, 6.45) is 1.95. The minimum Gasteiger partial charge on any atom is -0.351 e. The second-order valence-corrected chi connectivity index (χ2v) is 4.81. The van der Waals surface area contributed by atoms with Crippen LogP contribution >= 0.6 is 0 Å². The van der Waals surface area contributed by atoms with Crippen LogP contribution < -0.4 is 17.0 Å². The van der Waals surface area contributed by atoms with E-state index in [2.05, 4.69) is 4.98 Å². The molecule has 0 unspecified atom stereocenters. The molecular formula is C11H17N3O3. The third-order valence-corrected chi connectivity index (χ3v) is 3.29. The summed E-state index contributed by atoms with van der Waals surface area (Å²) < 4.78 is 7.15. The van der Waals surface area contributed by atoms with Crippen molar-refractivity contribution in [1.82, 2.24) is 9.55 Å². The number of nitrogens with two attached hydrogens (primary N) is 1. The highest BCUT2D eigenvalue weighted by molar-refractivity contribution is 5.04. The van der Waals surface area contributed by atoms with Crippen molar-refractivity contribution >= 4 is 0 Å². The summed E-state index contributed by atoms with van der Waals surface area (Å²) >= 11 is 0. The van der Waals surface area contributed by atoms with Crippen molar-refractivity contribution in [2.75, 3.05) is 0 Å². The van der Waals surface area contributed by atoms with Crippen LogP contribution in [0.25, 0.3) is 0 Å². The largest absolute Gasteiger partial charge is 0.351 e. The lowest BCUT2D eigenvalue weighted by Crippen LogP contribution is -2.42. The zero-order valence-electron chi connectivity index (χ0n) is 10.2. The van der Waals surface area contributed by atoms with Gasteiger partial charge >= 0.3 is 5.69 Å². The molecule has 0 aliphatic carbocycles. The first-order chi connectivity index (χ1) is 7.83. The summed E-state index contributed by atoms with van der Waals surface area (Å²) in [5.74, 6) is 0. The van der Waals surface area contributed by atoms with Gasteiger partial charge in [-0.25, -0.2) is 4.79 Å². The van der Waals surface area contributed by atoms with Gasteiger partial charge in [0.05, 0.1) is 6.10 Å². The number of nitrogens with zero attached hydrogens (tertiary/aromatic N) is 1. The maximum atomic E-state index is 11.8. The summed E-state index contributed by atoms with van der Waals surface area (Å²) in [5.41, 5.74) is 4.75. The second kappa shape index (κ2) is 3.82. The van der Waals surface area contributed by atoms with Crippen LogP contribution in [0.2, 0.25) is 0 Å². The van der Waals surface area contributed by atoms with Crippen LogP contribution in [0.15, 0.2) is 15.8 Å². The van der Waals surface area contributed by atoms with Crippen LogP contribution in [0.4, 0.5) is 0 Å². The van der Waals surface area contributed by atoms with Gasteiger partial charge < -0.3 is 10.5 Å². The zero-order valence-corrected chi connectivity index (χ0v) is 10.2. The Bertz CT molecular complexity index is 536. The molecule has 0 spiro atoms. The first kappa shape index (κ1) is 12.1. The lowest BCUT2D eigenvalue weighted by atomic mass is 10.1. The number of nitrogens with one attached hydrogen (secondary N) is 1. The molecule has 2 rings (SSSR count). The maximum absolute atomic E-state index is 11.8. The highest BCUT2D eigenvalue weighted by Crippen LogP contribution is 2.32. The predicted octanol–water partition coefficient (Wildman–Crippen LogP) is -0.346. The van der Waals surface area contributed by atoms with E-state index in [1.165, 1.54) is 10.8 Å². The molecule has 2 heterocycles.